The van der Waals surface area contributed by atoms with Crippen LogP contribution in [-0.4, -0.2) is 9.55 Å². The number of aromatic nitrogens is 2. The fourth-order valence-corrected chi connectivity index (χ4v) is 2.08. The van der Waals surface area contributed by atoms with Crippen molar-refractivity contribution in [3.05, 3.63) is 53.6 Å². The van der Waals surface area contributed by atoms with Gasteiger partial charge in [0.25, 0.3) is 0 Å². The highest BCUT2D eigenvalue weighted by Gasteiger charge is 2.12. The lowest BCUT2D eigenvalue weighted by molar-refractivity contribution is 0.623. The maximum absolute atomic E-state index is 13.4. The standard InChI is InChI=1S/C14H8F2N4/c15-9-1-4-13-12(6-9)19-14(18)20(13)10-2-3-11(16)8(5-10)7-17/h1-6H,(H2,18,19). The van der Waals surface area contributed by atoms with Crippen molar-refractivity contribution in [1.29, 1.82) is 5.26 Å². The maximum atomic E-state index is 13.4. The minimum absolute atomic E-state index is 0.0918. The van der Waals surface area contributed by atoms with Crippen molar-refractivity contribution in [1.82, 2.24) is 9.55 Å². The monoisotopic (exact) mass is 270 g/mol. The van der Waals surface area contributed by atoms with Crippen LogP contribution in [0.2, 0.25) is 0 Å². The van der Waals surface area contributed by atoms with Gasteiger partial charge in [-0.05, 0) is 30.3 Å². The van der Waals surface area contributed by atoms with Crippen LogP contribution in [-0.2, 0) is 0 Å². The Bertz CT molecular complexity index is 861. The summed E-state index contributed by atoms with van der Waals surface area (Å²) in [5.74, 6) is -0.884. The van der Waals surface area contributed by atoms with E-state index in [4.69, 9.17) is 11.0 Å². The van der Waals surface area contributed by atoms with E-state index in [1.54, 1.807) is 6.07 Å². The molecule has 0 aliphatic heterocycles. The van der Waals surface area contributed by atoms with Gasteiger partial charge in [0, 0.05) is 6.07 Å². The van der Waals surface area contributed by atoms with Gasteiger partial charge in [-0.2, -0.15) is 5.26 Å². The number of anilines is 1. The molecule has 0 saturated carbocycles. The van der Waals surface area contributed by atoms with Crippen molar-refractivity contribution in [3.63, 3.8) is 0 Å². The predicted molar refractivity (Wildman–Crippen MR) is 70.1 cm³/mol. The highest BCUT2D eigenvalue weighted by atomic mass is 19.1. The zero-order chi connectivity index (χ0) is 14.3. The van der Waals surface area contributed by atoms with Gasteiger partial charge in [0.15, 0.2) is 0 Å². The Labute approximate surface area is 112 Å². The molecule has 0 aliphatic carbocycles. The average Bonchev–Trinajstić information content (AvgIpc) is 2.74. The van der Waals surface area contributed by atoms with Gasteiger partial charge in [-0.1, -0.05) is 0 Å². The minimum Gasteiger partial charge on any atom is -0.369 e. The van der Waals surface area contributed by atoms with Crippen LogP contribution < -0.4 is 5.73 Å². The Balaban J connectivity index is 2.29. The van der Waals surface area contributed by atoms with Gasteiger partial charge in [0.1, 0.15) is 17.7 Å². The second-order valence-corrected chi connectivity index (χ2v) is 4.21. The van der Waals surface area contributed by atoms with Gasteiger partial charge < -0.3 is 5.73 Å². The molecular formula is C14H8F2N4. The summed E-state index contributed by atoms with van der Waals surface area (Å²) in [5, 5.41) is 8.86. The van der Waals surface area contributed by atoms with E-state index in [2.05, 4.69) is 4.98 Å². The third kappa shape index (κ3) is 1.77. The summed E-state index contributed by atoms with van der Waals surface area (Å²) in [6.07, 6.45) is 0. The molecule has 1 aromatic heterocycles. The Hall–Kier alpha value is -2.94. The molecule has 3 rings (SSSR count). The molecule has 0 radical (unpaired) electrons. The minimum atomic E-state index is -0.606. The molecule has 3 aromatic rings. The van der Waals surface area contributed by atoms with E-state index in [-0.39, 0.29) is 11.5 Å². The number of benzene rings is 2. The molecule has 0 amide bonds. The van der Waals surface area contributed by atoms with Gasteiger partial charge in [-0.3, -0.25) is 4.57 Å². The molecule has 2 N–H and O–H groups in total. The molecular weight excluding hydrogens is 262 g/mol. The summed E-state index contributed by atoms with van der Waals surface area (Å²) in [6.45, 7) is 0. The van der Waals surface area contributed by atoms with E-state index >= 15 is 0 Å². The summed E-state index contributed by atoms with van der Waals surface area (Å²) in [4.78, 5) is 4.05. The smallest absolute Gasteiger partial charge is 0.205 e. The van der Waals surface area contributed by atoms with Crippen LogP contribution >= 0.6 is 0 Å². The van der Waals surface area contributed by atoms with Crippen molar-refractivity contribution >= 4 is 17.0 Å². The number of halogens is 2. The Morgan fingerprint density at radius 3 is 2.70 bits per heavy atom. The fourth-order valence-electron chi connectivity index (χ4n) is 2.08. The number of nitrogens with two attached hydrogens (primary N) is 1. The molecule has 98 valence electrons. The number of nitrogen functional groups attached to an aromatic ring is 1. The normalized spacial score (nSPS) is 10.7. The van der Waals surface area contributed by atoms with Crippen molar-refractivity contribution in [3.8, 4) is 11.8 Å². The van der Waals surface area contributed by atoms with Crippen molar-refractivity contribution in [2.45, 2.75) is 0 Å². The molecule has 0 aliphatic rings. The number of nitriles is 1. The molecule has 0 saturated heterocycles. The summed E-state index contributed by atoms with van der Waals surface area (Å²) in [5.41, 5.74) is 7.20. The third-order valence-corrected chi connectivity index (χ3v) is 2.97. The molecule has 1 heterocycles. The first kappa shape index (κ1) is 12.1. The zero-order valence-electron chi connectivity index (χ0n) is 10.1. The number of nitrogens with zero attached hydrogens (tertiary/aromatic N) is 3. The number of imidazole rings is 1. The summed E-state index contributed by atoms with van der Waals surface area (Å²) >= 11 is 0. The first-order valence-corrected chi connectivity index (χ1v) is 5.73. The van der Waals surface area contributed by atoms with Crippen LogP contribution in [0.25, 0.3) is 16.7 Å². The highest BCUT2D eigenvalue weighted by Crippen LogP contribution is 2.24. The Kier molecular flexibility index (Phi) is 2.61. The van der Waals surface area contributed by atoms with Gasteiger partial charge in [-0.15, -0.1) is 0 Å². The van der Waals surface area contributed by atoms with E-state index in [9.17, 15) is 8.78 Å². The van der Waals surface area contributed by atoms with Crippen molar-refractivity contribution < 1.29 is 8.78 Å². The molecule has 2 aromatic carbocycles. The van der Waals surface area contributed by atoms with Crippen LogP contribution in [0.15, 0.2) is 36.4 Å². The van der Waals surface area contributed by atoms with Crippen molar-refractivity contribution in [2.24, 2.45) is 0 Å². The largest absolute Gasteiger partial charge is 0.369 e. The molecule has 0 unspecified atom stereocenters. The topological polar surface area (TPSA) is 67.6 Å². The molecule has 4 nitrogen and oxygen atoms in total. The Morgan fingerprint density at radius 2 is 1.95 bits per heavy atom. The maximum Gasteiger partial charge on any atom is 0.205 e. The van der Waals surface area contributed by atoms with E-state index in [0.29, 0.717) is 16.7 Å². The third-order valence-electron chi connectivity index (χ3n) is 2.97. The summed E-state index contributed by atoms with van der Waals surface area (Å²) in [6, 6.07) is 9.88. The van der Waals surface area contributed by atoms with E-state index in [1.165, 1.54) is 41.0 Å². The number of rotatable bonds is 1. The lowest BCUT2D eigenvalue weighted by Crippen LogP contribution is -2.01. The SMILES string of the molecule is N#Cc1cc(-n2c(N)nc3cc(F)ccc32)ccc1F. The lowest BCUT2D eigenvalue weighted by Gasteiger charge is -2.07. The lowest BCUT2D eigenvalue weighted by atomic mass is 10.2. The van der Waals surface area contributed by atoms with Crippen LogP contribution in [0.1, 0.15) is 5.56 Å². The average molecular weight is 270 g/mol. The highest BCUT2D eigenvalue weighted by molar-refractivity contribution is 5.81. The van der Waals surface area contributed by atoms with Crippen LogP contribution in [0.5, 0.6) is 0 Å². The first-order valence-electron chi connectivity index (χ1n) is 5.73. The van der Waals surface area contributed by atoms with Crippen LogP contribution in [0, 0.1) is 23.0 Å². The fraction of sp³-hybridized carbons (Fsp3) is 0. The zero-order valence-corrected chi connectivity index (χ0v) is 10.1. The van der Waals surface area contributed by atoms with E-state index in [0.717, 1.165) is 0 Å². The quantitative estimate of drug-likeness (QED) is 0.739. The molecule has 20 heavy (non-hydrogen) atoms. The summed E-state index contributed by atoms with van der Waals surface area (Å²) in [7, 11) is 0. The van der Waals surface area contributed by atoms with Gasteiger partial charge >= 0.3 is 0 Å². The van der Waals surface area contributed by atoms with Crippen molar-refractivity contribution in [2.75, 3.05) is 5.73 Å². The van der Waals surface area contributed by atoms with E-state index in [1.807, 2.05) is 0 Å². The summed E-state index contributed by atoms with van der Waals surface area (Å²) < 4.78 is 28.1. The Morgan fingerprint density at radius 1 is 1.15 bits per heavy atom. The molecule has 0 fully saturated rings. The molecule has 0 atom stereocenters. The second-order valence-electron chi connectivity index (χ2n) is 4.21. The van der Waals surface area contributed by atoms with Crippen LogP contribution in [0.4, 0.5) is 14.7 Å². The van der Waals surface area contributed by atoms with Crippen LogP contribution in [0.3, 0.4) is 0 Å². The number of hydrogen-bond acceptors (Lipinski definition) is 3. The number of fused-ring (bicyclic) bond motifs is 1. The van der Waals surface area contributed by atoms with Gasteiger partial charge in [0.2, 0.25) is 5.95 Å². The number of hydrogen-bond donors (Lipinski definition) is 1. The second kappa shape index (κ2) is 4.31. The predicted octanol–water partition coefficient (Wildman–Crippen LogP) is 2.76. The van der Waals surface area contributed by atoms with E-state index < -0.39 is 11.6 Å². The molecule has 6 heteroatoms. The first-order chi connectivity index (χ1) is 9.60. The molecule has 0 spiro atoms. The van der Waals surface area contributed by atoms with Gasteiger partial charge in [-0.25, -0.2) is 13.8 Å². The van der Waals surface area contributed by atoms with Gasteiger partial charge in [0.05, 0.1) is 22.3 Å². The molecule has 0 bridgehead atoms.